The largest absolute Gasteiger partial charge is 0.388 e. The maximum absolute atomic E-state index is 13.4. The Hall–Kier alpha value is -1.59. The van der Waals surface area contributed by atoms with Crippen LogP contribution in [0.4, 0.5) is 0 Å². The van der Waals surface area contributed by atoms with E-state index in [2.05, 4.69) is 6.92 Å². The van der Waals surface area contributed by atoms with Crippen LogP contribution in [0.5, 0.6) is 0 Å². The summed E-state index contributed by atoms with van der Waals surface area (Å²) < 4.78 is 0. The minimum atomic E-state index is -1.66. The van der Waals surface area contributed by atoms with Gasteiger partial charge in [-0.3, -0.25) is 14.4 Å². The molecule has 0 bridgehead atoms. The van der Waals surface area contributed by atoms with Crippen molar-refractivity contribution >= 4 is 17.3 Å². The van der Waals surface area contributed by atoms with E-state index < -0.39 is 28.8 Å². The van der Waals surface area contributed by atoms with Crippen LogP contribution in [0.3, 0.4) is 0 Å². The Morgan fingerprint density at radius 1 is 1.22 bits per heavy atom. The van der Waals surface area contributed by atoms with E-state index in [1.807, 2.05) is 19.9 Å². The summed E-state index contributed by atoms with van der Waals surface area (Å²) in [7, 11) is 0. The van der Waals surface area contributed by atoms with Crippen molar-refractivity contribution in [2.24, 2.45) is 28.1 Å². The van der Waals surface area contributed by atoms with Crippen LogP contribution in [-0.4, -0.2) is 39.8 Å². The molecule has 0 spiro atoms. The molecule has 0 amide bonds. The zero-order chi connectivity index (χ0) is 19.8. The van der Waals surface area contributed by atoms with Gasteiger partial charge in [-0.05, 0) is 49.2 Å². The molecule has 0 heterocycles. The Balaban J connectivity index is 1.82. The standard InChI is InChI=1S/C22H28O5/c1-19-7-6-14(24)10-13(19)4-5-15-18(19)16(25)11-21(3)20(15,2)8-9-22(21,27)17(26)12-23/h6-7,10,15,18,23,27H,4-5,8-9,11-12H2,1-3H3/t15-,18-,19+,20+,21+,22+/m1/s1. The zero-order valence-electron chi connectivity index (χ0n) is 16.2. The van der Waals surface area contributed by atoms with E-state index in [0.29, 0.717) is 6.42 Å². The summed E-state index contributed by atoms with van der Waals surface area (Å²) >= 11 is 0. The number of rotatable bonds is 2. The van der Waals surface area contributed by atoms with Gasteiger partial charge < -0.3 is 10.2 Å². The first-order valence-corrected chi connectivity index (χ1v) is 9.87. The van der Waals surface area contributed by atoms with Gasteiger partial charge in [0.2, 0.25) is 0 Å². The molecule has 4 aliphatic rings. The fraction of sp³-hybridized carbons (Fsp3) is 0.682. The van der Waals surface area contributed by atoms with Crippen LogP contribution in [0.2, 0.25) is 0 Å². The Bertz CT molecular complexity index is 810. The SMILES string of the molecule is C[C@]12CC(=O)[C@H]3[C@@H](CCC4=CC(=O)C=C[C@@]43C)[C@]1(C)CC[C@]2(O)C(=O)CO. The minimum absolute atomic E-state index is 0.0241. The maximum atomic E-state index is 13.4. The maximum Gasteiger partial charge on any atom is 0.190 e. The topological polar surface area (TPSA) is 91.7 Å². The van der Waals surface area contributed by atoms with E-state index in [-0.39, 0.29) is 41.7 Å². The lowest BCUT2D eigenvalue weighted by molar-refractivity contribution is -0.183. The van der Waals surface area contributed by atoms with Crippen LogP contribution in [-0.2, 0) is 14.4 Å². The number of fused-ring (bicyclic) bond motifs is 5. The normalized spacial score (nSPS) is 48.6. The average molecular weight is 372 g/mol. The second-order valence-electron chi connectivity index (χ2n) is 9.65. The second-order valence-corrected chi connectivity index (χ2v) is 9.65. The number of hydrogen-bond acceptors (Lipinski definition) is 5. The Morgan fingerprint density at radius 2 is 1.93 bits per heavy atom. The molecule has 0 aliphatic heterocycles. The summed E-state index contributed by atoms with van der Waals surface area (Å²) in [6.45, 7) is 5.30. The van der Waals surface area contributed by atoms with Crippen molar-refractivity contribution in [2.75, 3.05) is 6.61 Å². The molecule has 0 aromatic carbocycles. The monoisotopic (exact) mass is 372 g/mol. The van der Waals surface area contributed by atoms with Gasteiger partial charge in [0.15, 0.2) is 11.6 Å². The van der Waals surface area contributed by atoms with Crippen molar-refractivity contribution in [2.45, 2.75) is 58.5 Å². The lowest BCUT2D eigenvalue weighted by Gasteiger charge is -2.61. The van der Waals surface area contributed by atoms with Gasteiger partial charge in [0.1, 0.15) is 18.0 Å². The molecule has 0 saturated heterocycles. The molecular formula is C22H28O5. The van der Waals surface area contributed by atoms with Crippen molar-refractivity contribution in [3.8, 4) is 0 Å². The Kier molecular flexibility index (Phi) is 3.81. The van der Waals surface area contributed by atoms with Gasteiger partial charge in [-0.15, -0.1) is 0 Å². The quantitative estimate of drug-likeness (QED) is 0.775. The summed E-state index contributed by atoms with van der Waals surface area (Å²) in [4.78, 5) is 37.7. The predicted octanol–water partition coefficient (Wildman–Crippen LogP) is 2.16. The fourth-order valence-corrected chi connectivity index (χ4v) is 6.97. The second kappa shape index (κ2) is 5.48. The molecule has 0 aromatic heterocycles. The molecule has 27 heavy (non-hydrogen) atoms. The Morgan fingerprint density at radius 3 is 2.59 bits per heavy atom. The first-order chi connectivity index (χ1) is 12.5. The highest BCUT2D eigenvalue weighted by Gasteiger charge is 2.73. The van der Waals surface area contributed by atoms with Gasteiger partial charge in [0.05, 0.1) is 0 Å². The van der Waals surface area contributed by atoms with Gasteiger partial charge in [0.25, 0.3) is 0 Å². The van der Waals surface area contributed by atoms with Crippen LogP contribution in [0, 0.1) is 28.1 Å². The van der Waals surface area contributed by atoms with E-state index in [0.717, 1.165) is 18.4 Å². The molecule has 6 atom stereocenters. The predicted molar refractivity (Wildman–Crippen MR) is 98.7 cm³/mol. The van der Waals surface area contributed by atoms with E-state index in [4.69, 9.17) is 0 Å². The summed E-state index contributed by atoms with van der Waals surface area (Å²) in [5, 5.41) is 20.7. The highest BCUT2D eigenvalue weighted by atomic mass is 16.3. The van der Waals surface area contributed by atoms with Crippen LogP contribution in [0.1, 0.15) is 52.9 Å². The van der Waals surface area contributed by atoms with Crippen molar-refractivity contribution in [1.82, 2.24) is 0 Å². The summed E-state index contributed by atoms with van der Waals surface area (Å²) in [6, 6.07) is 0. The van der Waals surface area contributed by atoms with Crippen LogP contribution in [0.25, 0.3) is 0 Å². The molecule has 5 heteroatoms. The van der Waals surface area contributed by atoms with E-state index >= 15 is 0 Å². The number of aliphatic hydroxyl groups excluding tert-OH is 1. The van der Waals surface area contributed by atoms with Gasteiger partial charge in [0, 0.05) is 23.2 Å². The van der Waals surface area contributed by atoms with Gasteiger partial charge in [-0.25, -0.2) is 0 Å². The van der Waals surface area contributed by atoms with Crippen LogP contribution >= 0.6 is 0 Å². The third-order valence-corrected chi connectivity index (χ3v) is 8.85. The van der Waals surface area contributed by atoms with Crippen LogP contribution < -0.4 is 0 Å². The molecule has 3 saturated carbocycles. The third kappa shape index (κ3) is 2.05. The van der Waals surface area contributed by atoms with Crippen molar-refractivity contribution < 1.29 is 24.6 Å². The van der Waals surface area contributed by atoms with E-state index in [1.165, 1.54) is 0 Å². The molecule has 0 unspecified atom stereocenters. The molecule has 146 valence electrons. The summed E-state index contributed by atoms with van der Waals surface area (Å²) in [5.74, 6) is -0.760. The van der Waals surface area contributed by atoms with Gasteiger partial charge >= 0.3 is 0 Å². The first-order valence-electron chi connectivity index (χ1n) is 9.87. The smallest absolute Gasteiger partial charge is 0.190 e. The van der Waals surface area contributed by atoms with Crippen molar-refractivity contribution in [3.63, 3.8) is 0 Å². The zero-order valence-corrected chi connectivity index (χ0v) is 16.2. The molecule has 3 fully saturated rings. The van der Waals surface area contributed by atoms with Gasteiger partial charge in [-0.1, -0.05) is 32.4 Å². The van der Waals surface area contributed by atoms with E-state index in [9.17, 15) is 24.6 Å². The molecule has 4 rings (SSSR count). The van der Waals surface area contributed by atoms with E-state index in [1.54, 1.807) is 12.2 Å². The number of carbonyl (C=O) groups excluding carboxylic acids is 3. The van der Waals surface area contributed by atoms with Crippen LogP contribution in [0.15, 0.2) is 23.8 Å². The van der Waals surface area contributed by atoms with Crippen molar-refractivity contribution in [1.29, 1.82) is 0 Å². The molecule has 5 nitrogen and oxygen atoms in total. The lowest BCUT2D eigenvalue weighted by atomic mass is 9.41. The number of ketones is 3. The number of Topliss-reactive ketones (excluding diaryl/α,β-unsaturated/α-hetero) is 2. The highest BCUT2D eigenvalue weighted by Crippen LogP contribution is 2.71. The minimum Gasteiger partial charge on any atom is -0.388 e. The lowest BCUT2D eigenvalue weighted by Crippen LogP contribution is -2.64. The molecule has 4 aliphatic carbocycles. The average Bonchev–Trinajstić information content (AvgIpc) is 2.83. The number of allylic oxidation sites excluding steroid dienone is 4. The number of carbonyl (C=O) groups is 3. The molecule has 0 aromatic rings. The summed E-state index contributed by atoms with van der Waals surface area (Å²) in [5.41, 5.74) is -2.37. The fourth-order valence-electron chi connectivity index (χ4n) is 6.97. The number of aliphatic hydroxyl groups is 2. The highest BCUT2D eigenvalue weighted by molar-refractivity contribution is 6.02. The first kappa shape index (κ1) is 18.8. The Labute approximate surface area is 159 Å². The molecular weight excluding hydrogens is 344 g/mol. The molecule has 0 radical (unpaired) electrons. The summed E-state index contributed by atoms with van der Waals surface area (Å²) in [6.07, 6.45) is 7.72. The van der Waals surface area contributed by atoms with Gasteiger partial charge in [-0.2, -0.15) is 0 Å². The van der Waals surface area contributed by atoms with Crippen molar-refractivity contribution in [3.05, 3.63) is 23.8 Å². The number of hydrogen-bond donors (Lipinski definition) is 2. The molecule has 2 N–H and O–H groups in total. The third-order valence-electron chi connectivity index (χ3n) is 8.85.